The third kappa shape index (κ3) is 6.87. The normalized spacial score (nSPS) is 19.3. The largest absolute Gasteiger partial charge is 0.399 e. The molecule has 0 aromatic rings. The Morgan fingerprint density at radius 2 is 2.00 bits per heavy atom. The molecule has 0 fully saturated rings. The van der Waals surface area contributed by atoms with Gasteiger partial charge in [-0.1, -0.05) is 0 Å². The van der Waals surface area contributed by atoms with Gasteiger partial charge in [0.1, 0.15) is 0 Å². The van der Waals surface area contributed by atoms with Gasteiger partial charge in [-0.3, -0.25) is 9.11 Å². The second-order valence-electron chi connectivity index (χ2n) is 2.63. The van der Waals surface area contributed by atoms with Gasteiger partial charge in [0.05, 0.1) is 0 Å². The molecule has 1 atom stereocenters. The Balaban J connectivity index is 0.000000385. The van der Waals surface area contributed by atoms with E-state index in [1.807, 2.05) is 0 Å². The summed E-state index contributed by atoms with van der Waals surface area (Å²) < 4.78 is 36.5. The van der Waals surface area contributed by atoms with E-state index >= 15 is 0 Å². The molecule has 0 amide bonds. The van der Waals surface area contributed by atoms with E-state index in [0.717, 1.165) is 0 Å². The van der Waals surface area contributed by atoms with Crippen molar-refractivity contribution in [3.63, 3.8) is 0 Å². The van der Waals surface area contributed by atoms with Crippen LogP contribution in [0.2, 0.25) is 0 Å². The van der Waals surface area contributed by atoms with Gasteiger partial charge in [0.25, 0.3) is 0 Å². The first-order chi connectivity index (χ1) is 7.27. The molecular formula is C7H11N3O5S. The van der Waals surface area contributed by atoms with Crippen LogP contribution in [-0.2, 0) is 15.1 Å². The maximum absolute atomic E-state index is 8.74. The lowest BCUT2D eigenvalue weighted by Crippen LogP contribution is -2.24. The molecule has 0 heterocycles. The number of methoxy groups -OCH3 is 1. The first-order valence-corrected chi connectivity index (χ1v) is 5.27. The number of allylic oxidation sites excluding steroid dienone is 1. The van der Waals surface area contributed by atoms with Crippen molar-refractivity contribution in [1.29, 1.82) is 0 Å². The van der Waals surface area contributed by atoms with Crippen molar-refractivity contribution in [3.05, 3.63) is 29.5 Å². The van der Waals surface area contributed by atoms with Gasteiger partial charge >= 0.3 is 16.1 Å². The van der Waals surface area contributed by atoms with Gasteiger partial charge in [0, 0.05) is 18.9 Å². The maximum atomic E-state index is 8.74. The molecule has 0 spiro atoms. The van der Waals surface area contributed by atoms with Crippen LogP contribution in [0.25, 0.3) is 5.53 Å². The topological polar surface area (TPSA) is 146 Å². The van der Waals surface area contributed by atoms with E-state index < -0.39 is 10.4 Å². The second-order valence-corrected chi connectivity index (χ2v) is 3.52. The van der Waals surface area contributed by atoms with E-state index in [1.54, 1.807) is 18.2 Å². The summed E-state index contributed by atoms with van der Waals surface area (Å²) in [5, 5.41) is 0. The predicted octanol–water partition coefficient (Wildman–Crippen LogP) is -0.568. The van der Waals surface area contributed by atoms with Crippen molar-refractivity contribution in [3.8, 4) is 0 Å². The molecule has 0 saturated carbocycles. The second kappa shape index (κ2) is 6.16. The Labute approximate surface area is 92.2 Å². The number of rotatable bonds is 1. The first kappa shape index (κ1) is 14.5. The number of hydrogen-bond donors (Lipinski definition) is 3. The molecule has 9 heteroatoms. The van der Waals surface area contributed by atoms with Crippen LogP contribution in [0, 0.1) is 0 Å². The summed E-state index contributed by atoms with van der Waals surface area (Å²) in [6, 6.07) is 0. The van der Waals surface area contributed by atoms with Crippen molar-refractivity contribution in [2.45, 2.75) is 6.10 Å². The third-order valence-electron chi connectivity index (χ3n) is 1.45. The molecule has 8 nitrogen and oxygen atoms in total. The molecule has 90 valence electrons. The lowest BCUT2D eigenvalue weighted by Gasteiger charge is -2.07. The molecule has 1 unspecified atom stereocenters. The van der Waals surface area contributed by atoms with Gasteiger partial charge in [-0.2, -0.15) is 13.2 Å². The highest BCUT2D eigenvalue weighted by molar-refractivity contribution is 7.79. The summed E-state index contributed by atoms with van der Waals surface area (Å²) in [4.78, 5) is 3.04. The molecule has 0 aromatic heterocycles. The zero-order chi connectivity index (χ0) is 12.8. The summed E-state index contributed by atoms with van der Waals surface area (Å²) >= 11 is 0. The van der Waals surface area contributed by atoms with Crippen LogP contribution < -0.4 is 5.73 Å². The summed E-state index contributed by atoms with van der Waals surface area (Å²) in [6.45, 7) is 0. The molecule has 1 aliphatic rings. The highest BCUT2D eigenvalue weighted by atomic mass is 32.3. The maximum Gasteiger partial charge on any atom is 0.394 e. The fourth-order valence-electron chi connectivity index (χ4n) is 0.871. The fourth-order valence-corrected chi connectivity index (χ4v) is 0.871. The number of nitrogens with zero attached hydrogens (tertiary/aromatic N) is 2. The molecule has 0 saturated heterocycles. The number of ether oxygens (including phenoxy) is 1. The van der Waals surface area contributed by atoms with Crippen LogP contribution in [-0.4, -0.2) is 41.2 Å². The highest BCUT2D eigenvalue weighted by Gasteiger charge is 2.20. The standard InChI is InChI=1S/C7H9N3O.H2O4S/c1-11-7-4-5(8)2-3-6(7)10-9;1-5(2,3)4/h2-4,7H,8H2,1H3;(H2,1,2,3,4). The van der Waals surface area contributed by atoms with E-state index in [9.17, 15) is 0 Å². The van der Waals surface area contributed by atoms with Crippen molar-refractivity contribution in [2.75, 3.05) is 7.11 Å². The summed E-state index contributed by atoms with van der Waals surface area (Å²) in [6.07, 6.45) is 4.62. The fraction of sp³-hybridized carbons (Fsp3) is 0.286. The monoisotopic (exact) mass is 249 g/mol. The SMILES string of the molecule is COC1C=C(N)C=CC1=[N+]=[N-].O=S(=O)(O)O. The highest BCUT2D eigenvalue weighted by Crippen LogP contribution is 2.05. The lowest BCUT2D eigenvalue weighted by atomic mass is 10.1. The minimum atomic E-state index is -4.67. The van der Waals surface area contributed by atoms with Gasteiger partial charge in [-0.15, -0.1) is 0 Å². The Morgan fingerprint density at radius 1 is 1.50 bits per heavy atom. The van der Waals surface area contributed by atoms with Crippen LogP contribution >= 0.6 is 0 Å². The number of hydrogen-bond acceptors (Lipinski definition) is 4. The van der Waals surface area contributed by atoms with Crippen LogP contribution in [0.3, 0.4) is 0 Å². The summed E-state index contributed by atoms with van der Waals surface area (Å²) in [7, 11) is -3.14. The van der Waals surface area contributed by atoms with Crippen molar-refractivity contribution >= 4 is 16.1 Å². The van der Waals surface area contributed by atoms with Crippen molar-refractivity contribution < 1.29 is 27.1 Å². The van der Waals surface area contributed by atoms with Crippen LogP contribution in [0.4, 0.5) is 0 Å². The average molecular weight is 249 g/mol. The molecular weight excluding hydrogens is 238 g/mol. The van der Waals surface area contributed by atoms with Crippen LogP contribution in [0.1, 0.15) is 0 Å². The quantitative estimate of drug-likeness (QED) is 0.322. The van der Waals surface area contributed by atoms with E-state index in [1.165, 1.54) is 7.11 Å². The summed E-state index contributed by atoms with van der Waals surface area (Å²) in [5.41, 5.74) is 15.0. The minimum absolute atomic E-state index is 0.329. The van der Waals surface area contributed by atoms with E-state index in [-0.39, 0.29) is 6.10 Å². The average Bonchev–Trinajstić information content (AvgIpc) is 2.15. The molecule has 1 rings (SSSR count). The first-order valence-electron chi connectivity index (χ1n) is 3.88. The van der Waals surface area contributed by atoms with Gasteiger partial charge < -0.3 is 16.0 Å². The van der Waals surface area contributed by atoms with Crippen molar-refractivity contribution in [1.82, 2.24) is 0 Å². The predicted molar refractivity (Wildman–Crippen MR) is 55.0 cm³/mol. The Bertz CT molecular complexity index is 439. The van der Waals surface area contributed by atoms with Crippen LogP contribution in [0.5, 0.6) is 0 Å². The molecule has 0 bridgehead atoms. The smallest absolute Gasteiger partial charge is 0.394 e. The molecule has 0 radical (unpaired) electrons. The summed E-state index contributed by atoms with van der Waals surface area (Å²) in [5.74, 6) is 0. The minimum Gasteiger partial charge on any atom is -0.399 e. The Morgan fingerprint density at radius 3 is 2.38 bits per heavy atom. The van der Waals surface area contributed by atoms with E-state index in [4.69, 9.17) is 33.5 Å². The molecule has 0 aromatic carbocycles. The molecule has 16 heavy (non-hydrogen) atoms. The van der Waals surface area contributed by atoms with Gasteiger partial charge in [-0.05, 0) is 12.2 Å². The third-order valence-corrected chi connectivity index (χ3v) is 1.45. The Kier molecular flexibility index (Phi) is 5.57. The Hall–Kier alpha value is -1.51. The number of nitrogens with two attached hydrogens (primary N) is 1. The zero-order valence-corrected chi connectivity index (χ0v) is 9.13. The van der Waals surface area contributed by atoms with Crippen LogP contribution in [0.15, 0.2) is 23.9 Å². The van der Waals surface area contributed by atoms with E-state index in [0.29, 0.717) is 11.4 Å². The van der Waals surface area contributed by atoms with Gasteiger partial charge in [0.15, 0.2) is 6.10 Å². The zero-order valence-electron chi connectivity index (χ0n) is 8.31. The van der Waals surface area contributed by atoms with E-state index in [2.05, 4.69) is 4.79 Å². The van der Waals surface area contributed by atoms with Gasteiger partial charge in [-0.25, -0.2) is 0 Å². The lowest BCUT2D eigenvalue weighted by molar-refractivity contribution is -0.0185. The molecule has 0 aliphatic heterocycles. The van der Waals surface area contributed by atoms with Gasteiger partial charge in [0.2, 0.25) is 0 Å². The van der Waals surface area contributed by atoms with Crippen molar-refractivity contribution in [2.24, 2.45) is 5.73 Å². The molecule has 1 aliphatic carbocycles. The molecule has 4 N–H and O–H groups in total.